The fraction of sp³-hybridized carbons (Fsp3) is 0.278. The maximum absolute atomic E-state index is 12.5. The van der Waals surface area contributed by atoms with Crippen LogP contribution >= 0.6 is 0 Å². The third-order valence-electron chi connectivity index (χ3n) is 4.02. The van der Waals surface area contributed by atoms with Gasteiger partial charge in [0, 0.05) is 18.3 Å². The number of fused-ring (bicyclic) bond motifs is 1. The largest absolute Gasteiger partial charge is 0.312 e. The van der Waals surface area contributed by atoms with Gasteiger partial charge in [-0.05, 0) is 37.6 Å². The molecule has 136 valence electrons. The third kappa shape index (κ3) is 3.66. The number of aryl methyl sites for hydroxylation is 1. The Morgan fingerprint density at radius 2 is 1.92 bits per heavy atom. The van der Waals surface area contributed by atoms with Crippen molar-refractivity contribution in [2.24, 2.45) is 0 Å². The summed E-state index contributed by atoms with van der Waals surface area (Å²) in [6.45, 7) is 4.25. The van der Waals surface area contributed by atoms with Gasteiger partial charge in [-0.3, -0.25) is 4.79 Å². The molecular formula is C18H20N4O3S. The van der Waals surface area contributed by atoms with Gasteiger partial charge in [0.2, 0.25) is 10.0 Å². The Hall–Kier alpha value is -2.58. The first-order chi connectivity index (χ1) is 12.4. The Kier molecular flexibility index (Phi) is 5.15. The topological polar surface area (TPSA) is 94.0 Å². The van der Waals surface area contributed by atoms with Crippen LogP contribution in [0.1, 0.15) is 36.5 Å². The highest BCUT2D eigenvalue weighted by atomic mass is 32.2. The van der Waals surface area contributed by atoms with Crippen LogP contribution in [0.15, 0.2) is 47.5 Å². The van der Waals surface area contributed by atoms with Gasteiger partial charge in [0.25, 0.3) is 0 Å². The van der Waals surface area contributed by atoms with E-state index >= 15 is 0 Å². The number of hydrogen-bond donors (Lipinski definition) is 1. The average molecular weight is 372 g/mol. The number of hydrogen-bond acceptors (Lipinski definition) is 5. The summed E-state index contributed by atoms with van der Waals surface area (Å²) in [5, 5.41) is 0. The molecule has 0 amide bonds. The molecule has 2 heterocycles. The molecule has 3 rings (SSSR count). The van der Waals surface area contributed by atoms with Crippen molar-refractivity contribution < 1.29 is 13.2 Å². The Morgan fingerprint density at radius 1 is 1.19 bits per heavy atom. The molecule has 0 fully saturated rings. The Balaban J connectivity index is 1.84. The number of ketones is 1. The molecule has 3 aromatic rings. The van der Waals surface area contributed by atoms with Crippen LogP contribution in [0.4, 0.5) is 0 Å². The monoisotopic (exact) mass is 372 g/mol. The lowest BCUT2D eigenvalue weighted by atomic mass is 10.2. The number of pyridine rings is 1. The molecule has 0 saturated carbocycles. The van der Waals surface area contributed by atoms with Gasteiger partial charge in [0.1, 0.15) is 11.3 Å². The number of sulfonamides is 1. The molecule has 7 nitrogen and oxygen atoms in total. The predicted molar refractivity (Wildman–Crippen MR) is 98.3 cm³/mol. The van der Waals surface area contributed by atoms with E-state index in [1.165, 1.54) is 31.2 Å². The lowest BCUT2D eigenvalue weighted by Gasteiger charge is -2.09. The average Bonchev–Trinajstić information content (AvgIpc) is 2.98. The summed E-state index contributed by atoms with van der Waals surface area (Å²) in [5.74, 6) is 0.507. The van der Waals surface area contributed by atoms with Gasteiger partial charge >= 0.3 is 0 Å². The number of rotatable bonds is 7. The summed E-state index contributed by atoms with van der Waals surface area (Å²) >= 11 is 0. The van der Waals surface area contributed by atoms with Crippen LogP contribution in [-0.2, 0) is 23.1 Å². The van der Waals surface area contributed by atoms with Crippen LogP contribution < -0.4 is 4.72 Å². The summed E-state index contributed by atoms with van der Waals surface area (Å²) in [5.41, 5.74) is 1.95. The minimum atomic E-state index is -3.71. The Morgan fingerprint density at radius 3 is 2.58 bits per heavy atom. The van der Waals surface area contributed by atoms with Crippen LogP contribution in [0, 0.1) is 0 Å². The summed E-state index contributed by atoms with van der Waals surface area (Å²) in [6.07, 6.45) is 2.58. The van der Waals surface area contributed by atoms with Crippen molar-refractivity contribution in [1.29, 1.82) is 0 Å². The molecule has 0 unspecified atom stereocenters. The lowest BCUT2D eigenvalue weighted by molar-refractivity contribution is 0.101. The van der Waals surface area contributed by atoms with E-state index < -0.39 is 10.0 Å². The zero-order valence-electron chi connectivity index (χ0n) is 14.6. The highest BCUT2D eigenvalue weighted by Crippen LogP contribution is 2.16. The molecule has 1 aromatic carbocycles. The molecule has 0 atom stereocenters. The molecule has 0 radical (unpaired) electrons. The second kappa shape index (κ2) is 7.35. The fourth-order valence-corrected chi connectivity index (χ4v) is 3.69. The first-order valence-electron chi connectivity index (χ1n) is 8.33. The number of benzene rings is 1. The van der Waals surface area contributed by atoms with E-state index in [4.69, 9.17) is 0 Å². The Bertz CT molecular complexity index is 1040. The molecular weight excluding hydrogens is 352 g/mol. The number of carbonyl (C=O) groups excluding carboxylic acids is 1. The molecule has 0 aliphatic heterocycles. The number of nitrogens with one attached hydrogen (secondary N) is 1. The molecule has 2 aromatic heterocycles. The first-order valence-corrected chi connectivity index (χ1v) is 9.81. The maximum Gasteiger partial charge on any atom is 0.240 e. The smallest absolute Gasteiger partial charge is 0.240 e. The molecule has 0 aliphatic carbocycles. The number of imidazole rings is 1. The van der Waals surface area contributed by atoms with Crippen molar-refractivity contribution >= 4 is 27.0 Å². The molecule has 0 saturated heterocycles. The third-order valence-corrected chi connectivity index (χ3v) is 5.44. The quantitative estimate of drug-likeness (QED) is 0.643. The number of Topliss-reactive ketones (excluding diaryl/α,β-unsaturated/α-hetero) is 1. The molecule has 0 aliphatic rings. The van der Waals surface area contributed by atoms with Crippen LogP contribution in [0.2, 0.25) is 0 Å². The van der Waals surface area contributed by atoms with E-state index in [-0.39, 0.29) is 17.2 Å². The van der Waals surface area contributed by atoms with E-state index in [1.807, 2.05) is 17.6 Å². The van der Waals surface area contributed by atoms with Gasteiger partial charge in [-0.25, -0.2) is 23.1 Å². The van der Waals surface area contributed by atoms with Gasteiger partial charge < -0.3 is 4.57 Å². The number of nitrogens with zero attached hydrogens (tertiary/aromatic N) is 3. The van der Waals surface area contributed by atoms with Crippen molar-refractivity contribution in [2.45, 2.75) is 38.3 Å². The summed E-state index contributed by atoms with van der Waals surface area (Å²) in [7, 11) is -3.71. The van der Waals surface area contributed by atoms with Gasteiger partial charge in [0.05, 0.1) is 11.4 Å². The van der Waals surface area contributed by atoms with Gasteiger partial charge in [0.15, 0.2) is 11.4 Å². The standard InChI is InChI=1S/C18H20N4O3S/c1-3-11-22-17(21-16-5-4-10-19-18(16)22)12-20-26(24,25)15-8-6-14(7-9-15)13(2)23/h4-10,20H,3,11-12H2,1-2H3. The zero-order valence-corrected chi connectivity index (χ0v) is 15.5. The second-order valence-corrected chi connectivity index (χ2v) is 7.70. The predicted octanol–water partition coefficient (Wildman–Crippen LogP) is 2.52. The van der Waals surface area contributed by atoms with E-state index in [0.29, 0.717) is 17.9 Å². The highest BCUT2D eigenvalue weighted by molar-refractivity contribution is 7.89. The zero-order chi connectivity index (χ0) is 18.7. The normalized spacial score (nSPS) is 11.8. The van der Waals surface area contributed by atoms with Crippen molar-refractivity contribution in [1.82, 2.24) is 19.3 Å². The van der Waals surface area contributed by atoms with Crippen LogP contribution in [0.25, 0.3) is 11.2 Å². The van der Waals surface area contributed by atoms with Crippen molar-refractivity contribution in [2.75, 3.05) is 0 Å². The minimum absolute atomic E-state index is 0.0627. The maximum atomic E-state index is 12.5. The minimum Gasteiger partial charge on any atom is -0.312 e. The van der Waals surface area contributed by atoms with E-state index in [1.54, 1.807) is 12.3 Å². The lowest BCUT2D eigenvalue weighted by Crippen LogP contribution is -2.25. The van der Waals surface area contributed by atoms with Crippen LogP contribution in [-0.4, -0.2) is 28.7 Å². The second-order valence-electron chi connectivity index (χ2n) is 5.93. The van der Waals surface area contributed by atoms with Crippen LogP contribution in [0.3, 0.4) is 0 Å². The fourth-order valence-electron chi connectivity index (χ4n) is 2.71. The molecule has 26 heavy (non-hydrogen) atoms. The summed E-state index contributed by atoms with van der Waals surface area (Å²) in [4.78, 5) is 20.3. The van der Waals surface area contributed by atoms with Crippen molar-refractivity contribution in [3.63, 3.8) is 0 Å². The highest BCUT2D eigenvalue weighted by Gasteiger charge is 2.17. The molecule has 8 heteroatoms. The SMILES string of the molecule is CCCn1c(CNS(=O)(=O)c2ccc(C(C)=O)cc2)nc2cccnc21. The molecule has 1 N–H and O–H groups in total. The van der Waals surface area contributed by atoms with Crippen molar-refractivity contribution in [3.05, 3.63) is 54.0 Å². The molecule has 0 bridgehead atoms. The van der Waals surface area contributed by atoms with E-state index in [2.05, 4.69) is 14.7 Å². The van der Waals surface area contributed by atoms with Gasteiger partial charge in [-0.1, -0.05) is 19.1 Å². The van der Waals surface area contributed by atoms with E-state index in [0.717, 1.165) is 17.6 Å². The molecule has 0 spiro atoms. The van der Waals surface area contributed by atoms with Gasteiger partial charge in [-0.15, -0.1) is 0 Å². The van der Waals surface area contributed by atoms with E-state index in [9.17, 15) is 13.2 Å². The summed E-state index contributed by atoms with van der Waals surface area (Å²) in [6, 6.07) is 9.52. The Labute approximate surface area is 152 Å². The first kappa shape index (κ1) is 18.2. The summed E-state index contributed by atoms with van der Waals surface area (Å²) < 4.78 is 29.5. The van der Waals surface area contributed by atoms with Crippen molar-refractivity contribution in [3.8, 4) is 0 Å². The van der Waals surface area contributed by atoms with Gasteiger partial charge in [-0.2, -0.15) is 0 Å². The number of aromatic nitrogens is 3. The van der Waals surface area contributed by atoms with Crippen LogP contribution in [0.5, 0.6) is 0 Å². The number of carbonyl (C=O) groups is 1.